The fourth-order valence-corrected chi connectivity index (χ4v) is 1.96. The standard InChI is InChI=1S/C15H17BrN2/c1-10-4-5-13(6-11(10)2)8-17-15-7-12(3)14(16)9-18-15/h4-7,9H,8H2,1-3H3,(H,17,18). The van der Waals surface area contributed by atoms with Gasteiger partial charge in [-0.3, -0.25) is 0 Å². The van der Waals surface area contributed by atoms with E-state index >= 15 is 0 Å². The highest BCUT2D eigenvalue weighted by molar-refractivity contribution is 9.10. The summed E-state index contributed by atoms with van der Waals surface area (Å²) in [4.78, 5) is 4.34. The van der Waals surface area contributed by atoms with Crippen molar-refractivity contribution in [1.82, 2.24) is 4.98 Å². The fraction of sp³-hybridized carbons (Fsp3) is 0.267. The van der Waals surface area contributed by atoms with E-state index in [-0.39, 0.29) is 0 Å². The minimum absolute atomic E-state index is 0.801. The summed E-state index contributed by atoms with van der Waals surface area (Å²) in [6.45, 7) is 7.13. The van der Waals surface area contributed by atoms with Gasteiger partial charge in [0.05, 0.1) is 0 Å². The van der Waals surface area contributed by atoms with Crippen LogP contribution in [0.5, 0.6) is 0 Å². The monoisotopic (exact) mass is 304 g/mol. The molecule has 0 saturated heterocycles. The van der Waals surface area contributed by atoms with E-state index < -0.39 is 0 Å². The fourth-order valence-electron chi connectivity index (χ4n) is 1.74. The van der Waals surface area contributed by atoms with E-state index in [1.165, 1.54) is 22.3 Å². The number of hydrogen-bond donors (Lipinski definition) is 1. The summed E-state index contributed by atoms with van der Waals surface area (Å²) in [5.74, 6) is 0.911. The third-order valence-corrected chi connectivity index (χ3v) is 3.92. The zero-order valence-electron chi connectivity index (χ0n) is 10.9. The average Bonchev–Trinajstić information content (AvgIpc) is 2.35. The highest BCUT2D eigenvalue weighted by atomic mass is 79.9. The van der Waals surface area contributed by atoms with Crippen LogP contribution in [0.4, 0.5) is 5.82 Å². The van der Waals surface area contributed by atoms with Crippen LogP contribution in [-0.2, 0) is 6.54 Å². The van der Waals surface area contributed by atoms with Crippen LogP contribution in [0.2, 0.25) is 0 Å². The van der Waals surface area contributed by atoms with Crippen LogP contribution in [0.1, 0.15) is 22.3 Å². The molecule has 0 saturated carbocycles. The van der Waals surface area contributed by atoms with Crippen LogP contribution in [-0.4, -0.2) is 4.98 Å². The van der Waals surface area contributed by atoms with Gasteiger partial charge in [-0.1, -0.05) is 18.2 Å². The van der Waals surface area contributed by atoms with Gasteiger partial charge in [-0.25, -0.2) is 4.98 Å². The molecule has 0 aliphatic heterocycles. The largest absolute Gasteiger partial charge is 0.366 e. The first kappa shape index (κ1) is 13.1. The number of hydrogen-bond acceptors (Lipinski definition) is 2. The van der Waals surface area contributed by atoms with Gasteiger partial charge < -0.3 is 5.32 Å². The Hall–Kier alpha value is -1.35. The molecule has 2 rings (SSSR count). The van der Waals surface area contributed by atoms with Crippen molar-refractivity contribution in [3.63, 3.8) is 0 Å². The lowest BCUT2D eigenvalue weighted by atomic mass is 10.1. The quantitative estimate of drug-likeness (QED) is 0.910. The normalized spacial score (nSPS) is 10.4. The zero-order chi connectivity index (χ0) is 13.1. The van der Waals surface area contributed by atoms with Crippen LogP contribution in [0.25, 0.3) is 0 Å². The highest BCUT2D eigenvalue weighted by Gasteiger charge is 2.00. The summed E-state index contributed by atoms with van der Waals surface area (Å²) < 4.78 is 1.04. The molecule has 0 aliphatic carbocycles. The minimum Gasteiger partial charge on any atom is -0.366 e. The maximum Gasteiger partial charge on any atom is 0.126 e. The Morgan fingerprint density at radius 3 is 2.50 bits per heavy atom. The van der Waals surface area contributed by atoms with Crippen LogP contribution < -0.4 is 5.32 Å². The Kier molecular flexibility index (Phi) is 4.02. The Labute approximate surface area is 117 Å². The summed E-state index contributed by atoms with van der Waals surface area (Å²) in [7, 11) is 0. The summed E-state index contributed by atoms with van der Waals surface area (Å²) in [6.07, 6.45) is 1.83. The van der Waals surface area contributed by atoms with E-state index in [2.05, 4.69) is 65.2 Å². The number of nitrogens with zero attached hydrogens (tertiary/aromatic N) is 1. The lowest BCUT2D eigenvalue weighted by molar-refractivity contribution is 1.09. The first-order chi connectivity index (χ1) is 8.56. The number of anilines is 1. The Morgan fingerprint density at radius 1 is 1.06 bits per heavy atom. The molecular weight excluding hydrogens is 288 g/mol. The summed E-state index contributed by atoms with van der Waals surface area (Å²) >= 11 is 3.45. The number of aryl methyl sites for hydroxylation is 3. The van der Waals surface area contributed by atoms with Gasteiger partial charge in [0.15, 0.2) is 0 Å². The lowest BCUT2D eigenvalue weighted by Gasteiger charge is -2.09. The van der Waals surface area contributed by atoms with Crippen molar-refractivity contribution < 1.29 is 0 Å². The predicted molar refractivity (Wildman–Crippen MR) is 79.9 cm³/mol. The van der Waals surface area contributed by atoms with E-state index in [1.54, 1.807) is 0 Å². The van der Waals surface area contributed by atoms with Crippen molar-refractivity contribution in [2.45, 2.75) is 27.3 Å². The number of nitrogens with one attached hydrogen (secondary N) is 1. The number of pyridine rings is 1. The molecule has 0 spiro atoms. The Balaban J connectivity index is 2.06. The maximum absolute atomic E-state index is 4.34. The Morgan fingerprint density at radius 2 is 1.83 bits per heavy atom. The average molecular weight is 305 g/mol. The van der Waals surface area contributed by atoms with Gasteiger partial charge in [-0.2, -0.15) is 0 Å². The smallest absolute Gasteiger partial charge is 0.126 e. The van der Waals surface area contributed by atoms with Gasteiger partial charge in [0.25, 0.3) is 0 Å². The minimum atomic E-state index is 0.801. The molecule has 1 heterocycles. The van der Waals surface area contributed by atoms with Gasteiger partial charge in [-0.05, 0) is 65.0 Å². The highest BCUT2D eigenvalue weighted by Crippen LogP contribution is 2.18. The van der Waals surface area contributed by atoms with Gasteiger partial charge in [0, 0.05) is 17.2 Å². The molecule has 0 amide bonds. The topological polar surface area (TPSA) is 24.9 Å². The molecule has 1 aromatic carbocycles. The molecule has 94 valence electrons. The molecule has 2 nitrogen and oxygen atoms in total. The molecule has 1 N–H and O–H groups in total. The zero-order valence-corrected chi connectivity index (χ0v) is 12.5. The second-order valence-corrected chi connectivity index (χ2v) is 5.45. The van der Waals surface area contributed by atoms with E-state index in [4.69, 9.17) is 0 Å². The van der Waals surface area contributed by atoms with Crippen molar-refractivity contribution >= 4 is 21.7 Å². The van der Waals surface area contributed by atoms with Gasteiger partial charge in [0.1, 0.15) is 5.82 Å². The Bertz CT molecular complexity index is 513. The van der Waals surface area contributed by atoms with Crippen LogP contribution >= 0.6 is 15.9 Å². The van der Waals surface area contributed by atoms with Gasteiger partial charge >= 0.3 is 0 Å². The molecule has 0 fully saturated rings. The summed E-state index contributed by atoms with van der Waals surface area (Å²) in [5.41, 5.74) is 5.12. The second kappa shape index (κ2) is 5.53. The van der Waals surface area contributed by atoms with Gasteiger partial charge in [0.2, 0.25) is 0 Å². The maximum atomic E-state index is 4.34. The molecule has 0 unspecified atom stereocenters. The molecule has 0 atom stereocenters. The van der Waals surface area contributed by atoms with Crippen molar-refractivity contribution in [3.8, 4) is 0 Å². The molecule has 2 aromatic rings. The molecule has 0 aliphatic rings. The van der Waals surface area contributed by atoms with Crippen molar-refractivity contribution in [2.75, 3.05) is 5.32 Å². The summed E-state index contributed by atoms with van der Waals surface area (Å²) in [6, 6.07) is 8.58. The van der Waals surface area contributed by atoms with E-state index in [9.17, 15) is 0 Å². The number of benzene rings is 1. The molecule has 0 bridgehead atoms. The van der Waals surface area contributed by atoms with Crippen LogP contribution in [0, 0.1) is 20.8 Å². The van der Waals surface area contributed by atoms with Crippen LogP contribution in [0.15, 0.2) is 34.9 Å². The van der Waals surface area contributed by atoms with Crippen molar-refractivity contribution in [2.24, 2.45) is 0 Å². The second-order valence-electron chi connectivity index (χ2n) is 4.59. The molecule has 3 heteroatoms. The number of rotatable bonds is 3. The predicted octanol–water partition coefficient (Wildman–Crippen LogP) is 4.38. The molecule has 18 heavy (non-hydrogen) atoms. The first-order valence-electron chi connectivity index (χ1n) is 5.98. The van der Waals surface area contributed by atoms with E-state index in [0.717, 1.165) is 16.8 Å². The number of halogens is 1. The third kappa shape index (κ3) is 3.10. The van der Waals surface area contributed by atoms with Crippen LogP contribution in [0.3, 0.4) is 0 Å². The molecule has 1 aromatic heterocycles. The van der Waals surface area contributed by atoms with Gasteiger partial charge in [-0.15, -0.1) is 0 Å². The van der Waals surface area contributed by atoms with E-state index in [0.29, 0.717) is 0 Å². The van der Waals surface area contributed by atoms with E-state index in [1.807, 2.05) is 12.3 Å². The summed E-state index contributed by atoms with van der Waals surface area (Å²) in [5, 5.41) is 3.34. The third-order valence-electron chi connectivity index (χ3n) is 3.09. The molecular formula is C15H17BrN2. The van der Waals surface area contributed by atoms with Crippen molar-refractivity contribution in [3.05, 3.63) is 57.2 Å². The SMILES string of the molecule is Cc1ccc(CNc2cc(C)c(Br)cn2)cc1C. The van der Waals surface area contributed by atoms with Crippen molar-refractivity contribution in [1.29, 1.82) is 0 Å². The lowest BCUT2D eigenvalue weighted by Crippen LogP contribution is -2.02. The number of aromatic nitrogens is 1. The first-order valence-corrected chi connectivity index (χ1v) is 6.77. The molecule has 0 radical (unpaired) electrons.